The zero-order valence-corrected chi connectivity index (χ0v) is 17.4. The van der Waals surface area contributed by atoms with E-state index in [0.717, 1.165) is 36.1 Å². The average Bonchev–Trinajstić information content (AvgIpc) is 2.69. The molecule has 1 N–H and O–H groups in total. The van der Waals surface area contributed by atoms with Gasteiger partial charge >= 0.3 is 0 Å². The van der Waals surface area contributed by atoms with E-state index in [1.54, 1.807) is 6.08 Å². The number of rotatable bonds is 11. The van der Waals surface area contributed by atoms with Crippen LogP contribution in [0, 0.1) is 0 Å². The summed E-state index contributed by atoms with van der Waals surface area (Å²) in [5.41, 5.74) is 4.16. The van der Waals surface area contributed by atoms with Crippen molar-refractivity contribution in [3.8, 4) is 0 Å². The number of para-hydroxylation sites is 1. The third-order valence-electron chi connectivity index (χ3n) is 4.59. The van der Waals surface area contributed by atoms with Crippen molar-refractivity contribution in [1.82, 2.24) is 0 Å². The predicted molar refractivity (Wildman–Crippen MR) is 121 cm³/mol. The fraction of sp³-hybridized carbons (Fsp3) is 0.333. The van der Waals surface area contributed by atoms with Crippen molar-refractivity contribution in [3.05, 3.63) is 71.3 Å². The first-order valence-electron chi connectivity index (χ1n) is 9.96. The molecule has 0 bridgehead atoms. The molecule has 0 aromatic heterocycles. The molecule has 2 aromatic rings. The molecule has 0 saturated heterocycles. The molecule has 0 saturated carbocycles. The number of thiol groups is 1. The van der Waals surface area contributed by atoms with Gasteiger partial charge in [-0.2, -0.15) is 0 Å². The van der Waals surface area contributed by atoms with Gasteiger partial charge in [-0.15, -0.1) is 12.6 Å². The number of carbonyl (C=O) groups excluding carboxylic acids is 2. The van der Waals surface area contributed by atoms with E-state index in [4.69, 9.17) is 0 Å². The molecular formula is C24H29NO2S. The number of anilines is 1. The van der Waals surface area contributed by atoms with Crippen LogP contribution in [0.3, 0.4) is 0 Å². The van der Waals surface area contributed by atoms with Crippen molar-refractivity contribution in [1.29, 1.82) is 0 Å². The summed E-state index contributed by atoms with van der Waals surface area (Å²) >= 11 is 3.80. The highest BCUT2D eigenvalue weighted by molar-refractivity contribution is 7.96. The van der Waals surface area contributed by atoms with Gasteiger partial charge in [-0.3, -0.25) is 9.59 Å². The van der Waals surface area contributed by atoms with Gasteiger partial charge in [0.15, 0.2) is 5.12 Å². The van der Waals surface area contributed by atoms with Crippen LogP contribution in [0.15, 0.2) is 54.6 Å². The molecule has 0 aliphatic rings. The molecule has 3 nitrogen and oxygen atoms in total. The fourth-order valence-electron chi connectivity index (χ4n) is 3.01. The molecule has 28 heavy (non-hydrogen) atoms. The Balaban J connectivity index is 1.90. The number of benzene rings is 2. The second kappa shape index (κ2) is 12.2. The first kappa shape index (κ1) is 22.0. The van der Waals surface area contributed by atoms with E-state index in [-0.39, 0.29) is 11.0 Å². The lowest BCUT2D eigenvalue weighted by Crippen LogP contribution is -2.09. The Hall–Kier alpha value is -2.33. The Morgan fingerprint density at radius 1 is 0.964 bits per heavy atom. The minimum atomic E-state index is -0.162. The zero-order chi connectivity index (χ0) is 20.2. The highest BCUT2D eigenvalue weighted by Crippen LogP contribution is 2.18. The second-order valence-corrected chi connectivity index (χ2v) is 7.42. The van der Waals surface area contributed by atoms with E-state index in [9.17, 15) is 9.59 Å². The average molecular weight is 396 g/mol. The van der Waals surface area contributed by atoms with Gasteiger partial charge in [-0.05, 0) is 54.5 Å². The van der Waals surface area contributed by atoms with Crippen LogP contribution in [0.1, 0.15) is 55.7 Å². The SMILES string of the molecule is CCCCCc1ccc(C=CC(=O)Nc2ccccc2CCCC(=O)S)cc1. The largest absolute Gasteiger partial charge is 0.322 e. The molecule has 0 unspecified atom stereocenters. The number of nitrogens with one attached hydrogen (secondary N) is 1. The lowest BCUT2D eigenvalue weighted by atomic mass is 10.1. The summed E-state index contributed by atoms with van der Waals surface area (Å²) in [6, 6.07) is 16.0. The number of hydrogen-bond acceptors (Lipinski definition) is 2. The summed E-state index contributed by atoms with van der Waals surface area (Å²) in [6.07, 6.45) is 10.1. The number of unbranched alkanes of at least 4 members (excludes halogenated alkanes) is 2. The molecule has 0 aliphatic carbocycles. The summed E-state index contributed by atoms with van der Waals surface area (Å²) < 4.78 is 0. The molecule has 2 rings (SSSR count). The van der Waals surface area contributed by atoms with E-state index in [1.165, 1.54) is 24.8 Å². The standard InChI is InChI=1S/C24H29NO2S/c1-2-3-4-8-19-13-15-20(16-14-19)17-18-23(26)25-22-11-6-5-9-21(22)10-7-12-24(27)28/h5-6,9,11,13-18H,2-4,7-8,10,12H2,1H3,(H,25,26)(H,27,28). The molecule has 1 amide bonds. The van der Waals surface area contributed by atoms with Gasteiger partial charge in [0.05, 0.1) is 0 Å². The molecule has 0 radical (unpaired) electrons. The van der Waals surface area contributed by atoms with Crippen LogP contribution in [0.25, 0.3) is 6.08 Å². The van der Waals surface area contributed by atoms with E-state index in [1.807, 2.05) is 42.5 Å². The molecule has 0 heterocycles. The smallest absolute Gasteiger partial charge is 0.248 e. The van der Waals surface area contributed by atoms with Crippen molar-refractivity contribution in [2.75, 3.05) is 5.32 Å². The van der Waals surface area contributed by atoms with Gasteiger partial charge in [0.1, 0.15) is 0 Å². The van der Waals surface area contributed by atoms with Gasteiger partial charge in [0.2, 0.25) is 5.91 Å². The van der Waals surface area contributed by atoms with Crippen LogP contribution in [-0.4, -0.2) is 11.0 Å². The normalized spacial score (nSPS) is 10.9. The van der Waals surface area contributed by atoms with Crippen LogP contribution in [0.4, 0.5) is 5.69 Å². The van der Waals surface area contributed by atoms with E-state index >= 15 is 0 Å². The Kier molecular flexibility index (Phi) is 9.56. The number of aryl methyl sites for hydroxylation is 2. The number of carbonyl (C=O) groups is 2. The Morgan fingerprint density at radius 2 is 1.71 bits per heavy atom. The third-order valence-corrected chi connectivity index (χ3v) is 4.81. The van der Waals surface area contributed by atoms with Crippen LogP contribution in [0.2, 0.25) is 0 Å². The summed E-state index contributed by atoms with van der Waals surface area (Å²) in [4.78, 5) is 23.3. The van der Waals surface area contributed by atoms with Crippen molar-refractivity contribution < 1.29 is 9.59 Å². The Morgan fingerprint density at radius 3 is 2.43 bits per heavy atom. The minimum absolute atomic E-state index is 0.110. The van der Waals surface area contributed by atoms with Crippen molar-refractivity contribution in [2.45, 2.75) is 51.9 Å². The summed E-state index contributed by atoms with van der Waals surface area (Å²) in [5.74, 6) is -0.162. The molecule has 4 heteroatoms. The number of hydrogen-bond donors (Lipinski definition) is 2. The maximum atomic E-state index is 12.3. The maximum absolute atomic E-state index is 12.3. The summed E-state index contributed by atoms with van der Waals surface area (Å²) in [5, 5.41) is 2.82. The van der Waals surface area contributed by atoms with Gasteiger partial charge in [0, 0.05) is 18.2 Å². The third kappa shape index (κ3) is 8.13. The molecular weight excluding hydrogens is 366 g/mol. The summed E-state index contributed by atoms with van der Waals surface area (Å²) in [6.45, 7) is 2.21. The van der Waals surface area contributed by atoms with E-state index < -0.39 is 0 Å². The molecule has 0 spiro atoms. The van der Waals surface area contributed by atoms with Crippen LogP contribution in [0.5, 0.6) is 0 Å². The van der Waals surface area contributed by atoms with Gasteiger partial charge in [0.25, 0.3) is 0 Å². The first-order chi connectivity index (χ1) is 13.6. The molecule has 0 fully saturated rings. The lowest BCUT2D eigenvalue weighted by molar-refractivity contribution is -0.112. The quantitative estimate of drug-likeness (QED) is 0.285. The first-order valence-corrected chi connectivity index (χ1v) is 10.4. The monoisotopic (exact) mass is 395 g/mol. The van der Waals surface area contributed by atoms with Gasteiger partial charge in [-0.1, -0.05) is 62.2 Å². The molecule has 2 aromatic carbocycles. The van der Waals surface area contributed by atoms with Crippen LogP contribution < -0.4 is 5.32 Å². The second-order valence-electron chi connectivity index (χ2n) is 6.93. The fourth-order valence-corrected chi connectivity index (χ4v) is 3.17. The zero-order valence-electron chi connectivity index (χ0n) is 16.5. The van der Waals surface area contributed by atoms with Crippen molar-refractivity contribution in [2.24, 2.45) is 0 Å². The van der Waals surface area contributed by atoms with Crippen molar-refractivity contribution in [3.63, 3.8) is 0 Å². The number of amides is 1. The van der Waals surface area contributed by atoms with Crippen LogP contribution in [-0.2, 0) is 22.4 Å². The van der Waals surface area contributed by atoms with E-state index in [0.29, 0.717) is 6.42 Å². The molecule has 0 aliphatic heterocycles. The van der Waals surface area contributed by atoms with Crippen molar-refractivity contribution >= 4 is 35.4 Å². The highest BCUT2D eigenvalue weighted by Gasteiger charge is 2.05. The lowest BCUT2D eigenvalue weighted by Gasteiger charge is -2.09. The highest BCUT2D eigenvalue weighted by atomic mass is 32.1. The van der Waals surface area contributed by atoms with Crippen LogP contribution >= 0.6 is 12.6 Å². The summed E-state index contributed by atoms with van der Waals surface area (Å²) in [7, 11) is 0. The minimum Gasteiger partial charge on any atom is -0.322 e. The Labute approximate surface area is 173 Å². The predicted octanol–water partition coefficient (Wildman–Crippen LogP) is 5.85. The topological polar surface area (TPSA) is 46.2 Å². The van der Waals surface area contributed by atoms with Gasteiger partial charge < -0.3 is 5.32 Å². The van der Waals surface area contributed by atoms with Gasteiger partial charge in [-0.25, -0.2) is 0 Å². The maximum Gasteiger partial charge on any atom is 0.248 e. The molecule has 148 valence electrons. The Bertz CT molecular complexity index is 797. The molecule has 0 atom stereocenters. The van der Waals surface area contributed by atoms with E-state index in [2.05, 4.69) is 37.0 Å².